The maximum absolute atomic E-state index is 11.7. The molecule has 6 nitrogen and oxygen atoms in total. The molecular weight excluding hydrogens is 224 g/mol. The third-order valence-electron chi connectivity index (χ3n) is 1.86. The van der Waals surface area contributed by atoms with E-state index in [1.165, 1.54) is 6.92 Å². The monoisotopic (exact) mass is 240 g/mol. The van der Waals surface area contributed by atoms with Crippen molar-refractivity contribution in [1.29, 1.82) is 0 Å². The first kappa shape index (κ1) is 13.4. The molecule has 17 heavy (non-hydrogen) atoms. The Morgan fingerprint density at radius 2 is 2.00 bits per heavy atom. The number of Topliss-reactive ketones (excluding diaryl/α,β-unsaturated/α-hetero) is 1. The van der Waals surface area contributed by atoms with Gasteiger partial charge >= 0.3 is 5.97 Å². The summed E-state index contributed by atoms with van der Waals surface area (Å²) in [7, 11) is 0. The van der Waals surface area contributed by atoms with Gasteiger partial charge in [0.2, 0.25) is 0 Å². The van der Waals surface area contributed by atoms with Crippen molar-refractivity contribution < 1.29 is 19.4 Å². The predicted molar refractivity (Wildman–Crippen MR) is 59.7 cm³/mol. The second-order valence-electron chi connectivity index (χ2n) is 4.63. The maximum Gasteiger partial charge on any atom is 0.359 e. The summed E-state index contributed by atoms with van der Waals surface area (Å²) < 4.78 is 5.12. The highest BCUT2D eigenvalue weighted by Crippen LogP contribution is 2.14. The SMILES string of the molecule is CC(=O)c1nc(C(=O)OC(C)(C)C)c(CO)[nH]1. The average molecular weight is 240 g/mol. The Morgan fingerprint density at radius 3 is 2.41 bits per heavy atom. The van der Waals surface area contributed by atoms with Crippen LogP contribution in [0.2, 0.25) is 0 Å². The number of aliphatic hydroxyl groups excluding tert-OH is 1. The number of hydrogen-bond donors (Lipinski definition) is 2. The van der Waals surface area contributed by atoms with Crippen LogP contribution >= 0.6 is 0 Å². The maximum atomic E-state index is 11.7. The van der Waals surface area contributed by atoms with Crippen molar-refractivity contribution >= 4 is 11.8 Å². The van der Waals surface area contributed by atoms with Crippen molar-refractivity contribution in [2.24, 2.45) is 0 Å². The van der Waals surface area contributed by atoms with Gasteiger partial charge < -0.3 is 14.8 Å². The quantitative estimate of drug-likeness (QED) is 0.608. The molecule has 0 spiro atoms. The third kappa shape index (κ3) is 3.39. The third-order valence-corrected chi connectivity index (χ3v) is 1.86. The Balaban J connectivity index is 3.04. The van der Waals surface area contributed by atoms with Gasteiger partial charge in [0.05, 0.1) is 12.3 Å². The summed E-state index contributed by atoms with van der Waals surface area (Å²) in [5.74, 6) is -0.935. The van der Waals surface area contributed by atoms with E-state index in [9.17, 15) is 9.59 Å². The van der Waals surface area contributed by atoms with Crippen LogP contribution in [0.4, 0.5) is 0 Å². The molecule has 1 aromatic rings. The summed E-state index contributed by atoms with van der Waals surface area (Å²) in [5.41, 5.74) is -0.517. The van der Waals surface area contributed by atoms with Crippen molar-refractivity contribution in [2.45, 2.75) is 39.9 Å². The average Bonchev–Trinajstić information content (AvgIpc) is 2.58. The number of aromatic nitrogens is 2. The van der Waals surface area contributed by atoms with E-state index in [1.807, 2.05) is 0 Å². The zero-order valence-corrected chi connectivity index (χ0v) is 10.3. The first-order valence-corrected chi connectivity index (χ1v) is 5.18. The second-order valence-corrected chi connectivity index (χ2v) is 4.63. The number of aromatic amines is 1. The molecule has 94 valence electrons. The van der Waals surface area contributed by atoms with E-state index >= 15 is 0 Å². The lowest BCUT2D eigenvalue weighted by molar-refractivity contribution is 0.00603. The van der Waals surface area contributed by atoms with Crippen LogP contribution in [-0.4, -0.2) is 32.4 Å². The Morgan fingerprint density at radius 1 is 1.41 bits per heavy atom. The topological polar surface area (TPSA) is 92.3 Å². The fourth-order valence-electron chi connectivity index (χ4n) is 1.19. The molecule has 0 aliphatic carbocycles. The molecule has 6 heteroatoms. The number of carbonyl (C=O) groups is 2. The summed E-state index contributed by atoms with van der Waals surface area (Å²) in [5, 5.41) is 9.07. The summed E-state index contributed by atoms with van der Waals surface area (Å²) in [6.07, 6.45) is 0. The number of ketones is 1. The number of carbonyl (C=O) groups excluding carboxylic acids is 2. The number of esters is 1. The van der Waals surface area contributed by atoms with Gasteiger partial charge in [-0.05, 0) is 20.8 Å². The largest absolute Gasteiger partial charge is 0.455 e. The summed E-state index contributed by atoms with van der Waals surface area (Å²) in [6, 6.07) is 0. The van der Waals surface area contributed by atoms with E-state index in [1.54, 1.807) is 20.8 Å². The lowest BCUT2D eigenvalue weighted by atomic mass is 10.2. The molecule has 0 saturated heterocycles. The second kappa shape index (κ2) is 4.67. The molecule has 0 saturated carbocycles. The molecule has 1 rings (SSSR count). The standard InChI is InChI=1S/C11H16N2O4/c1-6(15)9-12-7(5-14)8(13-9)10(16)17-11(2,3)4/h14H,5H2,1-4H3,(H,12,13). The number of H-pyrrole nitrogens is 1. The molecule has 0 aromatic carbocycles. The molecule has 2 N–H and O–H groups in total. The Labute approximate surface area is 99.0 Å². The number of hydrogen-bond acceptors (Lipinski definition) is 5. The van der Waals surface area contributed by atoms with Gasteiger partial charge in [0, 0.05) is 6.92 Å². The van der Waals surface area contributed by atoms with Gasteiger partial charge in [-0.2, -0.15) is 0 Å². The van der Waals surface area contributed by atoms with Gasteiger partial charge in [-0.1, -0.05) is 0 Å². The summed E-state index contributed by atoms with van der Waals surface area (Å²) >= 11 is 0. The van der Waals surface area contributed by atoms with Crippen LogP contribution in [0.5, 0.6) is 0 Å². The molecule has 0 bridgehead atoms. The molecular formula is C11H16N2O4. The van der Waals surface area contributed by atoms with Gasteiger partial charge in [0.1, 0.15) is 5.60 Å². The van der Waals surface area contributed by atoms with E-state index in [-0.39, 0.29) is 23.0 Å². The fourth-order valence-corrected chi connectivity index (χ4v) is 1.19. The van der Waals surface area contributed by atoms with E-state index in [0.29, 0.717) is 0 Å². The Hall–Kier alpha value is -1.69. The normalized spacial score (nSPS) is 11.4. The minimum absolute atomic E-state index is 0.0370. The molecule has 0 unspecified atom stereocenters. The lowest BCUT2D eigenvalue weighted by Gasteiger charge is -2.18. The Bertz CT molecular complexity index is 443. The molecule has 0 amide bonds. The number of nitrogens with zero attached hydrogens (tertiary/aromatic N) is 1. The molecule has 0 aliphatic rings. The van der Waals surface area contributed by atoms with E-state index in [2.05, 4.69) is 9.97 Å². The minimum atomic E-state index is -0.662. The van der Waals surface area contributed by atoms with Crippen LogP contribution in [0.1, 0.15) is 54.5 Å². The molecule has 0 radical (unpaired) electrons. The molecule has 0 atom stereocenters. The summed E-state index contributed by atoms with van der Waals surface area (Å²) in [6.45, 7) is 6.08. The zero-order valence-electron chi connectivity index (χ0n) is 10.3. The predicted octanol–water partition coefficient (Wildman–Crippen LogP) is 1.06. The number of ether oxygens (including phenoxy) is 1. The van der Waals surface area contributed by atoms with Gasteiger partial charge in [-0.25, -0.2) is 9.78 Å². The van der Waals surface area contributed by atoms with Crippen LogP contribution in [-0.2, 0) is 11.3 Å². The number of nitrogens with one attached hydrogen (secondary N) is 1. The van der Waals surface area contributed by atoms with Gasteiger partial charge in [0.25, 0.3) is 0 Å². The van der Waals surface area contributed by atoms with Gasteiger partial charge in [-0.15, -0.1) is 0 Å². The molecule has 1 heterocycles. The molecule has 0 aliphatic heterocycles. The van der Waals surface area contributed by atoms with Crippen LogP contribution in [0.15, 0.2) is 0 Å². The van der Waals surface area contributed by atoms with Gasteiger partial charge in [-0.3, -0.25) is 4.79 Å². The smallest absolute Gasteiger partial charge is 0.359 e. The van der Waals surface area contributed by atoms with Crippen molar-refractivity contribution in [3.8, 4) is 0 Å². The summed E-state index contributed by atoms with van der Waals surface area (Å²) in [4.78, 5) is 29.3. The zero-order chi connectivity index (χ0) is 13.2. The van der Waals surface area contributed by atoms with Crippen LogP contribution < -0.4 is 0 Å². The van der Waals surface area contributed by atoms with Crippen LogP contribution in [0, 0.1) is 0 Å². The van der Waals surface area contributed by atoms with Crippen LogP contribution in [0.3, 0.4) is 0 Å². The van der Waals surface area contributed by atoms with E-state index < -0.39 is 18.2 Å². The van der Waals surface area contributed by atoms with Gasteiger partial charge in [0.15, 0.2) is 17.3 Å². The lowest BCUT2D eigenvalue weighted by Crippen LogP contribution is -2.24. The number of aliphatic hydroxyl groups is 1. The molecule has 1 aromatic heterocycles. The van der Waals surface area contributed by atoms with Crippen molar-refractivity contribution in [2.75, 3.05) is 0 Å². The van der Waals surface area contributed by atoms with E-state index in [0.717, 1.165) is 0 Å². The van der Waals surface area contributed by atoms with Crippen molar-refractivity contribution in [1.82, 2.24) is 9.97 Å². The molecule has 0 fully saturated rings. The highest BCUT2D eigenvalue weighted by molar-refractivity contribution is 5.94. The number of rotatable bonds is 3. The van der Waals surface area contributed by atoms with Crippen molar-refractivity contribution in [3.63, 3.8) is 0 Å². The fraction of sp³-hybridized carbons (Fsp3) is 0.545. The number of imidazole rings is 1. The van der Waals surface area contributed by atoms with Crippen LogP contribution in [0.25, 0.3) is 0 Å². The first-order chi connectivity index (χ1) is 7.74. The minimum Gasteiger partial charge on any atom is -0.455 e. The van der Waals surface area contributed by atoms with Crippen molar-refractivity contribution in [3.05, 3.63) is 17.2 Å². The highest BCUT2D eigenvalue weighted by Gasteiger charge is 2.24. The Kier molecular flexibility index (Phi) is 3.67. The first-order valence-electron chi connectivity index (χ1n) is 5.18. The van der Waals surface area contributed by atoms with E-state index in [4.69, 9.17) is 9.84 Å². The highest BCUT2D eigenvalue weighted by atomic mass is 16.6.